The molecule has 1 aromatic heterocycles. The maximum absolute atomic E-state index is 10.8. The Labute approximate surface area is 129 Å². The molecule has 3 rings (SSSR count). The van der Waals surface area contributed by atoms with E-state index in [1.54, 1.807) is 0 Å². The molecule has 2 saturated carbocycles. The topological polar surface area (TPSA) is 68.0 Å². The first-order chi connectivity index (χ1) is 9.89. The Morgan fingerprint density at radius 3 is 2.43 bits per heavy atom. The van der Waals surface area contributed by atoms with Crippen molar-refractivity contribution in [3.63, 3.8) is 0 Å². The van der Waals surface area contributed by atoms with Gasteiger partial charge in [0, 0.05) is 11.5 Å². The predicted molar refractivity (Wildman–Crippen MR) is 81.6 cm³/mol. The number of hydrogen-bond acceptors (Lipinski definition) is 4. The fourth-order valence-electron chi connectivity index (χ4n) is 3.72. The van der Waals surface area contributed by atoms with Gasteiger partial charge in [0.15, 0.2) is 5.16 Å². The van der Waals surface area contributed by atoms with Crippen molar-refractivity contribution in [2.24, 2.45) is 11.8 Å². The number of carbonyl (C=O) groups is 1. The molecule has 2 aliphatic rings. The van der Waals surface area contributed by atoms with Crippen molar-refractivity contribution in [2.75, 3.05) is 5.75 Å². The van der Waals surface area contributed by atoms with Crippen LogP contribution in [0.3, 0.4) is 0 Å². The Balaban J connectivity index is 1.88. The molecule has 0 radical (unpaired) electrons. The zero-order valence-electron chi connectivity index (χ0n) is 12.9. The van der Waals surface area contributed by atoms with E-state index in [9.17, 15) is 4.79 Å². The van der Waals surface area contributed by atoms with Crippen LogP contribution in [0, 0.1) is 11.8 Å². The van der Waals surface area contributed by atoms with Crippen molar-refractivity contribution in [3.8, 4) is 0 Å². The summed E-state index contributed by atoms with van der Waals surface area (Å²) in [7, 11) is 0. The maximum atomic E-state index is 10.8. The van der Waals surface area contributed by atoms with E-state index in [1.165, 1.54) is 37.4 Å². The maximum Gasteiger partial charge on any atom is 0.313 e. The molecular weight excluding hydrogens is 286 g/mol. The minimum atomic E-state index is -0.815. The van der Waals surface area contributed by atoms with Crippen LogP contribution < -0.4 is 0 Å². The number of hydrogen-bond donors (Lipinski definition) is 1. The first-order valence-corrected chi connectivity index (χ1v) is 8.68. The fourth-order valence-corrected chi connectivity index (χ4v) is 4.57. The highest BCUT2D eigenvalue weighted by molar-refractivity contribution is 7.99. The van der Waals surface area contributed by atoms with Gasteiger partial charge in [0.1, 0.15) is 5.82 Å². The number of carboxylic acids is 1. The smallest absolute Gasteiger partial charge is 0.313 e. The van der Waals surface area contributed by atoms with Gasteiger partial charge in [0.25, 0.3) is 0 Å². The second kappa shape index (κ2) is 5.30. The summed E-state index contributed by atoms with van der Waals surface area (Å²) >= 11 is 1.27. The van der Waals surface area contributed by atoms with Crippen molar-refractivity contribution in [3.05, 3.63) is 5.82 Å². The average molecular weight is 309 g/mol. The molecule has 116 valence electrons. The molecule has 1 heterocycles. The normalized spacial score (nSPS) is 28.2. The Morgan fingerprint density at radius 1 is 1.29 bits per heavy atom. The molecule has 2 atom stereocenters. The summed E-state index contributed by atoms with van der Waals surface area (Å²) in [5.41, 5.74) is -0.120. The Morgan fingerprint density at radius 2 is 1.90 bits per heavy atom. The summed E-state index contributed by atoms with van der Waals surface area (Å²) in [6, 6.07) is 0. The van der Waals surface area contributed by atoms with Gasteiger partial charge in [-0.25, -0.2) is 0 Å². The summed E-state index contributed by atoms with van der Waals surface area (Å²) in [5, 5.41) is 18.4. The Kier molecular flexibility index (Phi) is 3.76. The molecule has 0 bridgehead atoms. The molecule has 0 aromatic carbocycles. The van der Waals surface area contributed by atoms with Gasteiger partial charge in [-0.2, -0.15) is 0 Å². The average Bonchev–Trinajstić information content (AvgIpc) is 2.96. The summed E-state index contributed by atoms with van der Waals surface area (Å²) < 4.78 is 2.17. The molecule has 0 aliphatic heterocycles. The van der Waals surface area contributed by atoms with Gasteiger partial charge < -0.3 is 9.67 Å². The summed E-state index contributed by atoms with van der Waals surface area (Å²) in [6.07, 6.45) is 5.29. The number of aliphatic carboxylic acids is 1. The number of nitrogens with zero attached hydrogens (tertiary/aromatic N) is 3. The molecule has 5 nitrogen and oxygen atoms in total. The van der Waals surface area contributed by atoms with Crippen LogP contribution >= 0.6 is 11.8 Å². The van der Waals surface area contributed by atoms with Crippen LogP contribution in [0.15, 0.2) is 5.16 Å². The van der Waals surface area contributed by atoms with E-state index >= 15 is 0 Å². The predicted octanol–water partition coefficient (Wildman–Crippen LogP) is 3.11. The molecule has 0 saturated heterocycles. The van der Waals surface area contributed by atoms with Crippen molar-refractivity contribution >= 4 is 17.7 Å². The van der Waals surface area contributed by atoms with Gasteiger partial charge in [-0.1, -0.05) is 24.6 Å². The van der Waals surface area contributed by atoms with Gasteiger partial charge in [0.2, 0.25) is 0 Å². The van der Waals surface area contributed by atoms with Crippen molar-refractivity contribution in [2.45, 2.75) is 63.1 Å². The van der Waals surface area contributed by atoms with Crippen LogP contribution in [0.25, 0.3) is 0 Å². The van der Waals surface area contributed by atoms with Crippen LogP contribution in [0.4, 0.5) is 0 Å². The highest BCUT2D eigenvalue weighted by Gasteiger charge is 2.54. The lowest BCUT2D eigenvalue weighted by Crippen LogP contribution is -2.25. The van der Waals surface area contributed by atoms with E-state index < -0.39 is 5.97 Å². The van der Waals surface area contributed by atoms with Crippen molar-refractivity contribution in [1.29, 1.82) is 0 Å². The van der Waals surface area contributed by atoms with Crippen LogP contribution in [-0.4, -0.2) is 31.6 Å². The molecule has 2 aliphatic carbocycles. The zero-order chi connectivity index (χ0) is 15.2. The Hall–Kier alpha value is -1.04. The lowest BCUT2D eigenvalue weighted by molar-refractivity contribution is -0.133. The lowest BCUT2D eigenvalue weighted by Gasteiger charge is -2.24. The monoisotopic (exact) mass is 309 g/mol. The molecule has 21 heavy (non-hydrogen) atoms. The van der Waals surface area contributed by atoms with E-state index in [0.717, 1.165) is 22.8 Å². The van der Waals surface area contributed by atoms with Gasteiger partial charge >= 0.3 is 5.97 Å². The van der Waals surface area contributed by atoms with E-state index in [0.29, 0.717) is 5.92 Å². The van der Waals surface area contributed by atoms with Crippen LogP contribution in [0.2, 0.25) is 0 Å². The van der Waals surface area contributed by atoms with E-state index in [1.807, 2.05) is 0 Å². The highest BCUT2D eigenvalue weighted by Crippen LogP contribution is 2.61. The molecule has 1 aromatic rings. The molecule has 2 unspecified atom stereocenters. The SMILES string of the molecule is CC(C)(C)n1c(SCC(=O)O)nnc1C1C2CCCCC21. The van der Waals surface area contributed by atoms with Gasteiger partial charge in [-0.05, 0) is 45.4 Å². The van der Waals surface area contributed by atoms with Gasteiger partial charge in [0.05, 0.1) is 5.75 Å². The molecule has 6 heteroatoms. The minimum absolute atomic E-state index is 0.0335. The highest BCUT2D eigenvalue weighted by atomic mass is 32.2. The number of carboxylic acid groups (broad SMARTS) is 1. The first-order valence-electron chi connectivity index (χ1n) is 7.70. The molecule has 1 N–H and O–H groups in total. The van der Waals surface area contributed by atoms with Gasteiger partial charge in [-0.15, -0.1) is 10.2 Å². The third-order valence-corrected chi connectivity index (χ3v) is 5.52. The van der Waals surface area contributed by atoms with E-state index in [4.69, 9.17) is 5.11 Å². The number of rotatable bonds is 4. The number of thioether (sulfide) groups is 1. The fraction of sp³-hybridized carbons (Fsp3) is 0.800. The minimum Gasteiger partial charge on any atom is -0.481 e. The summed E-state index contributed by atoms with van der Waals surface area (Å²) in [4.78, 5) is 10.8. The van der Waals surface area contributed by atoms with E-state index in [2.05, 4.69) is 35.5 Å². The van der Waals surface area contributed by atoms with Gasteiger partial charge in [-0.3, -0.25) is 4.79 Å². The Bertz CT molecular complexity index is 538. The van der Waals surface area contributed by atoms with Crippen molar-refractivity contribution < 1.29 is 9.90 Å². The lowest BCUT2D eigenvalue weighted by atomic mass is 10.0. The second-order valence-corrected chi connectivity index (χ2v) is 8.11. The molecule has 0 spiro atoms. The molecular formula is C15H23N3O2S. The van der Waals surface area contributed by atoms with Crippen LogP contribution in [0.1, 0.15) is 58.2 Å². The first kappa shape index (κ1) is 14.9. The van der Waals surface area contributed by atoms with Crippen molar-refractivity contribution in [1.82, 2.24) is 14.8 Å². The summed E-state index contributed by atoms with van der Waals surface area (Å²) in [6.45, 7) is 6.41. The summed E-state index contributed by atoms with van der Waals surface area (Å²) in [5.74, 6) is 2.39. The second-order valence-electron chi connectivity index (χ2n) is 7.17. The number of fused-ring (bicyclic) bond motifs is 1. The standard InChI is InChI=1S/C15H23N3O2S/c1-15(2,3)18-13(12-9-6-4-5-7-10(9)12)16-17-14(18)21-8-11(19)20/h9-10,12H,4-8H2,1-3H3,(H,19,20). The molecule has 0 amide bonds. The third-order valence-electron chi connectivity index (χ3n) is 4.61. The van der Waals surface area contributed by atoms with Crippen LogP contribution in [-0.2, 0) is 10.3 Å². The quantitative estimate of drug-likeness (QED) is 0.866. The number of aromatic nitrogens is 3. The third kappa shape index (κ3) is 2.82. The van der Waals surface area contributed by atoms with E-state index in [-0.39, 0.29) is 11.3 Å². The van der Waals surface area contributed by atoms with Crippen LogP contribution in [0.5, 0.6) is 0 Å². The molecule has 2 fully saturated rings. The zero-order valence-corrected chi connectivity index (χ0v) is 13.7. The largest absolute Gasteiger partial charge is 0.481 e.